The van der Waals surface area contributed by atoms with E-state index in [9.17, 15) is 9.59 Å². The van der Waals surface area contributed by atoms with Gasteiger partial charge < -0.3 is 10.2 Å². The summed E-state index contributed by atoms with van der Waals surface area (Å²) < 4.78 is 0. The zero-order valence-corrected chi connectivity index (χ0v) is 16.5. The molecule has 2 atom stereocenters. The Labute approximate surface area is 160 Å². The summed E-state index contributed by atoms with van der Waals surface area (Å²) in [4.78, 5) is 30.9. The fraction of sp³-hybridized carbons (Fsp3) is 0.409. The maximum atomic E-state index is 12.6. The number of hydrogen-bond acceptors (Lipinski definition) is 3. The van der Waals surface area contributed by atoms with Crippen LogP contribution in [0.5, 0.6) is 0 Å². The third kappa shape index (κ3) is 4.54. The Morgan fingerprint density at radius 1 is 1.11 bits per heavy atom. The summed E-state index contributed by atoms with van der Waals surface area (Å²) in [5.74, 6) is -0.410. The molecular formula is C22H27N3O2. The predicted molar refractivity (Wildman–Crippen MR) is 106 cm³/mol. The highest BCUT2D eigenvalue weighted by molar-refractivity contribution is 6.00. The van der Waals surface area contributed by atoms with Crippen LogP contribution in [0, 0.1) is 32.6 Å². The maximum Gasteiger partial charge on any atom is 0.228 e. The van der Waals surface area contributed by atoms with Crippen LogP contribution in [0.3, 0.4) is 0 Å². The van der Waals surface area contributed by atoms with E-state index >= 15 is 0 Å². The first kappa shape index (κ1) is 19.1. The molecule has 0 spiro atoms. The second kappa shape index (κ2) is 7.91. The maximum absolute atomic E-state index is 12.6. The number of rotatable bonds is 6. The highest BCUT2D eigenvalue weighted by Crippen LogP contribution is 2.41. The second-order valence-electron chi connectivity index (χ2n) is 7.58. The van der Waals surface area contributed by atoms with Crippen LogP contribution in [-0.2, 0) is 16.0 Å². The van der Waals surface area contributed by atoms with Crippen LogP contribution < -0.4 is 5.32 Å². The van der Waals surface area contributed by atoms with E-state index in [-0.39, 0.29) is 23.7 Å². The van der Waals surface area contributed by atoms with Crippen molar-refractivity contribution in [3.63, 3.8) is 0 Å². The normalized spacial score (nSPS) is 18.1. The number of anilines is 1. The second-order valence-corrected chi connectivity index (χ2v) is 7.58. The quantitative estimate of drug-likeness (QED) is 0.854. The molecule has 5 heteroatoms. The standard InChI is InChI=1S/C22H27N3O2/c1-14-11-15(2)20(16(3)12-14)24-21(26)18-13-19(18)22(27)25(4)10-7-17-5-8-23-9-6-17/h5-6,8-9,11-12,18-19H,7,10,13H2,1-4H3,(H,24,26). The Bertz CT molecular complexity index is 825. The van der Waals surface area contributed by atoms with Crippen molar-refractivity contribution >= 4 is 17.5 Å². The highest BCUT2D eigenvalue weighted by Gasteiger charge is 2.49. The molecule has 2 amide bonds. The molecule has 3 rings (SSSR count). The summed E-state index contributed by atoms with van der Waals surface area (Å²) in [6.45, 7) is 6.68. The Hall–Kier alpha value is -2.69. The summed E-state index contributed by atoms with van der Waals surface area (Å²) in [6, 6.07) is 8.03. The molecule has 1 aliphatic rings. The summed E-state index contributed by atoms with van der Waals surface area (Å²) in [6.07, 6.45) is 4.94. The molecule has 0 aliphatic heterocycles. The van der Waals surface area contributed by atoms with Crippen molar-refractivity contribution in [3.8, 4) is 0 Å². The van der Waals surface area contributed by atoms with Gasteiger partial charge in [0.15, 0.2) is 0 Å². The van der Waals surface area contributed by atoms with E-state index in [2.05, 4.69) is 22.4 Å². The van der Waals surface area contributed by atoms with Gasteiger partial charge in [-0.05, 0) is 62.4 Å². The van der Waals surface area contributed by atoms with Gasteiger partial charge in [-0.1, -0.05) is 17.7 Å². The number of nitrogens with zero attached hydrogens (tertiary/aromatic N) is 2. The molecule has 1 heterocycles. The number of pyridine rings is 1. The van der Waals surface area contributed by atoms with Gasteiger partial charge in [0.25, 0.3) is 0 Å². The van der Waals surface area contributed by atoms with Crippen molar-refractivity contribution in [2.24, 2.45) is 11.8 Å². The number of benzene rings is 1. The van der Waals surface area contributed by atoms with Crippen molar-refractivity contribution in [1.29, 1.82) is 0 Å². The topological polar surface area (TPSA) is 62.3 Å². The molecule has 1 N–H and O–H groups in total. The average Bonchev–Trinajstić information content (AvgIpc) is 3.43. The highest BCUT2D eigenvalue weighted by atomic mass is 16.2. The van der Waals surface area contributed by atoms with Crippen LogP contribution >= 0.6 is 0 Å². The minimum Gasteiger partial charge on any atom is -0.345 e. The van der Waals surface area contributed by atoms with E-state index in [0.717, 1.165) is 28.8 Å². The van der Waals surface area contributed by atoms with E-state index in [4.69, 9.17) is 0 Å². The van der Waals surface area contributed by atoms with Crippen molar-refractivity contribution < 1.29 is 9.59 Å². The Morgan fingerprint density at radius 3 is 2.37 bits per heavy atom. The predicted octanol–water partition coefficient (Wildman–Crippen LogP) is 3.28. The lowest BCUT2D eigenvalue weighted by molar-refractivity contribution is -0.132. The van der Waals surface area contributed by atoms with Gasteiger partial charge in [0.2, 0.25) is 11.8 Å². The van der Waals surface area contributed by atoms with Crippen molar-refractivity contribution in [3.05, 3.63) is 58.9 Å². The number of carbonyl (C=O) groups excluding carboxylic acids is 2. The number of hydrogen-bond donors (Lipinski definition) is 1. The lowest BCUT2D eigenvalue weighted by Gasteiger charge is -2.17. The van der Waals surface area contributed by atoms with Gasteiger partial charge in [0.1, 0.15) is 0 Å². The molecule has 1 aliphatic carbocycles. The summed E-state index contributed by atoms with van der Waals surface area (Å²) in [5, 5.41) is 3.03. The minimum atomic E-state index is -0.221. The van der Waals surface area contributed by atoms with E-state index < -0.39 is 0 Å². The van der Waals surface area contributed by atoms with Gasteiger partial charge in [-0.25, -0.2) is 0 Å². The molecule has 2 aromatic rings. The number of carbonyl (C=O) groups is 2. The first-order valence-electron chi connectivity index (χ1n) is 9.39. The molecule has 2 unspecified atom stereocenters. The first-order valence-corrected chi connectivity index (χ1v) is 9.39. The Morgan fingerprint density at radius 2 is 1.74 bits per heavy atom. The van der Waals surface area contributed by atoms with E-state index in [0.29, 0.717) is 13.0 Å². The van der Waals surface area contributed by atoms with E-state index in [1.54, 1.807) is 17.3 Å². The van der Waals surface area contributed by atoms with Gasteiger partial charge in [0.05, 0.1) is 11.8 Å². The molecule has 0 saturated heterocycles. The molecule has 1 aromatic carbocycles. The van der Waals surface area contributed by atoms with Crippen LogP contribution in [-0.4, -0.2) is 35.3 Å². The largest absolute Gasteiger partial charge is 0.345 e. The Balaban J connectivity index is 1.54. The van der Waals surface area contributed by atoms with Gasteiger partial charge in [-0.15, -0.1) is 0 Å². The molecule has 1 saturated carbocycles. The zero-order valence-electron chi connectivity index (χ0n) is 16.5. The smallest absolute Gasteiger partial charge is 0.228 e. The minimum absolute atomic E-state index is 0.0501. The van der Waals surface area contributed by atoms with Gasteiger partial charge >= 0.3 is 0 Å². The Kier molecular flexibility index (Phi) is 5.59. The molecule has 142 valence electrons. The fourth-order valence-corrected chi connectivity index (χ4v) is 3.59. The molecule has 0 bridgehead atoms. The fourth-order valence-electron chi connectivity index (χ4n) is 3.59. The van der Waals surface area contributed by atoms with Crippen LogP contribution in [0.25, 0.3) is 0 Å². The SMILES string of the molecule is Cc1cc(C)c(NC(=O)C2CC2C(=O)N(C)CCc2ccncc2)c(C)c1. The summed E-state index contributed by atoms with van der Waals surface area (Å²) >= 11 is 0. The number of likely N-dealkylation sites (N-methyl/N-ethyl adjacent to an activating group) is 1. The van der Waals surface area contributed by atoms with Crippen LogP contribution in [0.1, 0.15) is 28.7 Å². The lowest BCUT2D eigenvalue weighted by Crippen LogP contribution is -2.31. The first-order chi connectivity index (χ1) is 12.9. The average molecular weight is 365 g/mol. The van der Waals surface area contributed by atoms with E-state index in [1.807, 2.05) is 40.0 Å². The third-order valence-corrected chi connectivity index (χ3v) is 5.23. The molecule has 0 radical (unpaired) electrons. The van der Waals surface area contributed by atoms with Crippen LogP contribution in [0.2, 0.25) is 0 Å². The zero-order chi connectivity index (χ0) is 19.6. The number of nitrogens with one attached hydrogen (secondary N) is 1. The third-order valence-electron chi connectivity index (χ3n) is 5.23. The van der Waals surface area contributed by atoms with Crippen LogP contribution in [0.15, 0.2) is 36.7 Å². The number of amides is 2. The summed E-state index contributed by atoms with van der Waals surface area (Å²) in [5.41, 5.74) is 5.31. The van der Waals surface area contributed by atoms with Crippen molar-refractivity contribution in [1.82, 2.24) is 9.88 Å². The van der Waals surface area contributed by atoms with Crippen molar-refractivity contribution in [2.75, 3.05) is 18.9 Å². The van der Waals surface area contributed by atoms with Crippen molar-refractivity contribution in [2.45, 2.75) is 33.6 Å². The molecule has 5 nitrogen and oxygen atoms in total. The molecule has 27 heavy (non-hydrogen) atoms. The van der Waals surface area contributed by atoms with Gasteiger partial charge in [-0.2, -0.15) is 0 Å². The lowest BCUT2D eigenvalue weighted by atomic mass is 10.0. The number of aryl methyl sites for hydroxylation is 3. The van der Waals surface area contributed by atoms with Gasteiger partial charge in [-0.3, -0.25) is 14.6 Å². The van der Waals surface area contributed by atoms with Gasteiger partial charge in [0, 0.05) is 31.7 Å². The molecule has 1 aromatic heterocycles. The monoisotopic (exact) mass is 365 g/mol. The number of aromatic nitrogens is 1. The van der Waals surface area contributed by atoms with Crippen LogP contribution in [0.4, 0.5) is 5.69 Å². The summed E-state index contributed by atoms with van der Waals surface area (Å²) in [7, 11) is 1.81. The molecule has 1 fully saturated rings. The molecular weight excluding hydrogens is 338 g/mol. The van der Waals surface area contributed by atoms with E-state index in [1.165, 1.54) is 5.56 Å².